The first-order chi connectivity index (χ1) is 12.7. The van der Waals surface area contributed by atoms with Crippen LogP contribution >= 0.6 is 0 Å². The zero-order valence-corrected chi connectivity index (χ0v) is 13.6. The van der Waals surface area contributed by atoms with Gasteiger partial charge in [-0.2, -0.15) is 21.0 Å². The van der Waals surface area contributed by atoms with Crippen LogP contribution < -0.4 is 10.4 Å². The first kappa shape index (κ1) is 16.5. The quantitative estimate of drug-likeness (QED) is 0.641. The molecule has 0 atom stereocenters. The lowest BCUT2D eigenvalue weighted by Gasteiger charge is -2.09. The summed E-state index contributed by atoms with van der Waals surface area (Å²) in [6.07, 6.45) is 1.66. The second kappa shape index (κ2) is 6.62. The Morgan fingerprint density at radius 1 is 0.692 bits per heavy atom. The molecule has 0 spiro atoms. The topological polar surface area (TPSA) is 95.2 Å². The Labute approximate surface area is 149 Å². The van der Waals surface area contributed by atoms with Gasteiger partial charge in [0.15, 0.2) is 0 Å². The molecule has 0 aliphatic rings. The largest absolute Gasteiger partial charge is 0.192 e. The van der Waals surface area contributed by atoms with Crippen LogP contribution in [0.4, 0.5) is 0 Å². The highest BCUT2D eigenvalue weighted by atomic mass is 14.3. The van der Waals surface area contributed by atoms with E-state index in [1.54, 1.807) is 36.4 Å². The van der Waals surface area contributed by atoms with Gasteiger partial charge in [0.25, 0.3) is 0 Å². The summed E-state index contributed by atoms with van der Waals surface area (Å²) in [6, 6.07) is 20.4. The third-order valence-corrected chi connectivity index (χ3v) is 4.23. The van der Waals surface area contributed by atoms with Crippen molar-refractivity contribution < 1.29 is 0 Å². The Morgan fingerprint density at radius 3 is 1.62 bits per heavy atom. The number of hydrogen-bond acceptors (Lipinski definition) is 4. The first-order valence-electron chi connectivity index (χ1n) is 7.66. The molecule has 0 aliphatic carbocycles. The minimum atomic E-state index is -0.0190. The molecule has 0 saturated carbocycles. The van der Waals surface area contributed by atoms with Gasteiger partial charge in [0.1, 0.15) is 35.4 Å². The van der Waals surface area contributed by atoms with Gasteiger partial charge in [0, 0.05) is 10.4 Å². The second-order valence-corrected chi connectivity index (χ2v) is 5.50. The van der Waals surface area contributed by atoms with Gasteiger partial charge in [0.05, 0.1) is 0 Å². The lowest BCUT2D eigenvalue weighted by atomic mass is 9.93. The van der Waals surface area contributed by atoms with E-state index in [0.717, 1.165) is 5.56 Å². The van der Waals surface area contributed by atoms with Crippen LogP contribution in [0.25, 0.3) is 38.8 Å². The van der Waals surface area contributed by atoms with E-state index in [2.05, 4.69) is 6.58 Å². The maximum Gasteiger partial charge on any atom is 0.138 e. The van der Waals surface area contributed by atoms with Crippen molar-refractivity contribution >= 4 is 38.8 Å². The molecule has 0 unspecified atom stereocenters. The summed E-state index contributed by atoms with van der Waals surface area (Å²) in [5, 5.41) is 41.4. The minimum absolute atomic E-state index is 0.0143. The number of benzene rings is 3. The van der Waals surface area contributed by atoms with E-state index < -0.39 is 0 Å². The zero-order chi connectivity index (χ0) is 18.7. The lowest BCUT2D eigenvalue weighted by Crippen LogP contribution is -2.18. The van der Waals surface area contributed by atoms with Gasteiger partial charge in [-0.05, 0) is 33.2 Å². The Bertz CT molecular complexity index is 1350. The van der Waals surface area contributed by atoms with Crippen molar-refractivity contribution in [2.75, 3.05) is 0 Å². The Morgan fingerprint density at radius 2 is 1.15 bits per heavy atom. The molecule has 0 N–H and O–H groups in total. The maximum atomic E-state index is 9.46. The monoisotopic (exact) mass is 330 g/mol. The third-order valence-electron chi connectivity index (χ3n) is 4.23. The third kappa shape index (κ3) is 2.37. The molecule has 4 nitrogen and oxygen atoms in total. The number of nitrogens with zero attached hydrogens (tertiary/aromatic N) is 4. The summed E-state index contributed by atoms with van der Waals surface area (Å²) in [4.78, 5) is 0. The Balaban J connectivity index is 2.94. The highest BCUT2D eigenvalue weighted by Crippen LogP contribution is 2.18. The normalized spacial score (nSPS) is 9.54. The molecule has 3 aromatic rings. The van der Waals surface area contributed by atoms with Crippen LogP contribution in [0.2, 0.25) is 0 Å². The second-order valence-electron chi connectivity index (χ2n) is 5.50. The summed E-state index contributed by atoms with van der Waals surface area (Å²) < 4.78 is 0. The summed E-state index contributed by atoms with van der Waals surface area (Å²) >= 11 is 0. The van der Waals surface area contributed by atoms with Crippen molar-refractivity contribution in [2.24, 2.45) is 0 Å². The predicted molar refractivity (Wildman–Crippen MR) is 100 cm³/mol. The average molecular weight is 330 g/mol. The van der Waals surface area contributed by atoms with E-state index in [0.29, 0.717) is 32.0 Å². The van der Waals surface area contributed by atoms with Crippen LogP contribution in [0, 0.1) is 45.3 Å². The molecule has 0 aliphatic heterocycles. The van der Waals surface area contributed by atoms with Crippen LogP contribution in [0.5, 0.6) is 0 Å². The van der Waals surface area contributed by atoms with Gasteiger partial charge in [0.2, 0.25) is 0 Å². The highest BCUT2D eigenvalue weighted by Gasteiger charge is 2.12. The fourth-order valence-corrected chi connectivity index (χ4v) is 3.14. The zero-order valence-electron chi connectivity index (χ0n) is 13.6. The fourth-order valence-electron chi connectivity index (χ4n) is 3.14. The number of nitriles is 4. The van der Waals surface area contributed by atoms with Gasteiger partial charge in [-0.25, -0.2) is 0 Å². The van der Waals surface area contributed by atoms with Gasteiger partial charge in [-0.15, -0.1) is 0 Å². The van der Waals surface area contributed by atoms with Crippen LogP contribution in [-0.2, 0) is 0 Å². The molecule has 0 heterocycles. The summed E-state index contributed by atoms with van der Waals surface area (Å²) in [5.41, 5.74) is 0.777. The molecule has 3 aromatic carbocycles. The SMILES string of the molecule is C=Cc1ccc2c(=C(C#N)C#N)c3ccccc3c(=C(C#N)C#N)c2c1. The summed E-state index contributed by atoms with van der Waals surface area (Å²) in [7, 11) is 0. The van der Waals surface area contributed by atoms with Crippen molar-refractivity contribution in [3.8, 4) is 24.3 Å². The Hall–Kier alpha value is -4.38. The molecular formula is C22H10N4. The van der Waals surface area contributed by atoms with Crippen LogP contribution in [0.1, 0.15) is 5.56 Å². The standard InChI is InChI=1S/C22H10N4/c1-2-14-7-8-19-20(9-14)22(16(12-25)13-26)18-6-4-3-5-17(18)21(19)15(10-23)11-24/h2-9H,1H2. The van der Waals surface area contributed by atoms with E-state index in [9.17, 15) is 21.0 Å². The fraction of sp³-hybridized carbons (Fsp3) is 0. The molecule has 4 heteroatoms. The first-order valence-corrected chi connectivity index (χ1v) is 7.66. The Kier molecular flexibility index (Phi) is 4.20. The van der Waals surface area contributed by atoms with Crippen LogP contribution in [-0.4, -0.2) is 0 Å². The molecule has 26 heavy (non-hydrogen) atoms. The smallest absolute Gasteiger partial charge is 0.138 e. The minimum Gasteiger partial charge on any atom is -0.192 e. The summed E-state index contributed by atoms with van der Waals surface area (Å²) in [5.74, 6) is 0. The number of hydrogen-bond donors (Lipinski definition) is 0. The van der Waals surface area contributed by atoms with E-state index in [4.69, 9.17) is 0 Å². The molecule has 3 rings (SSSR count). The summed E-state index contributed by atoms with van der Waals surface area (Å²) in [6.45, 7) is 3.76. The number of rotatable bonds is 1. The van der Waals surface area contributed by atoms with Crippen molar-refractivity contribution in [3.63, 3.8) is 0 Å². The molecule has 0 saturated heterocycles. The van der Waals surface area contributed by atoms with Crippen molar-refractivity contribution in [3.05, 3.63) is 65.0 Å². The van der Waals surface area contributed by atoms with Crippen LogP contribution in [0.3, 0.4) is 0 Å². The average Bonchev–Trinajstić information content (AvgIpc) is 2.70. The van der Waals surface area contributed by atoms with Crippen molar-refractivity contribution in [1.29, 1.82) is 21.0 Å². The van der Waals surface area contributed by atoms with Gasteiger partial charge >= 0.3 is 0 Å². The van der Waals surface area contributed by atoms with E-state index in [1.807, 2.05) is 36.4 Å². The molecule has 118 valence electrons. The van der Waals surface area contributed by atoms with Crippen molar-refractivity contribution in [1.82, 2.24) is 0 Å². The molecular weight excluding hydrogens is 320 g/mol. The highest BCUT2D eigenvalue weighted by molar-refractivity contribution is 6.06. The molecule has 0 radical (unpaired) electrons. The van der Waals surface area contributed by atoms with E-state index in [-0.39, 0.29) is 11.1 Å². The van der Waals surface area contributed by atoms with Crippen LogP contribution in [0.15, 0.2) is 49.0 Å². The van der Waals surface area contributed by atoms with Gasteiger partial charge < -0.3 is 0 Å². The molecule has 0 bridgehead atoms. The van der Waals surface area contributed by atoms with Gasteiger partial charge in [-0.3, -0.25) is 0 Å². The molecule has 0 fully saturated rings. The van der Waals surface area contributed by atoms with E-state index in [1.165, 1.54) is 0 Å². The maximum absolute atomic E-state index is 9.46. The molecule has 0 amide bonds. The molecule has 0 aromatic heterocycles. The lowest BCUT2D eigenvalue weighted by molar-refractivity contribution is 1.50. The van der Waals surface area contributed by atoms with E-state index >= 15 is 0 Å². The number of fused-ring (bicyclic) bond motifs is 2. The predicted octanol–water partition coefficient (Wildman–Crippen LogP) is 3.03. The van der Waals surface area contributed by atoms with Crippen molar-refractivity contribution in [2.45, 2.75) is 0 Å². The van der Waals surface area contributed by atoms with Gasteiger partial charge in [-0.1, -0.05) is 49.1 Å².